The van der Waals surface area contributed by atoms with Crippen LogP contribution in [0.1, 0.15) is 25.7 Å². The molecule has 1 aromatic rings. The van der Waals surface area contributed by atoms with E-state index in [1.54, 1.807) is 24.3 Å². The van der Waals surface area contributed by atoms with Crippen LogP contribution in [0, 0.1) is 0 Å². The van der Waals surface area contributed by atoms with E-state index in [1.807, 2.05) is 0 Å². The van der Waals surface area contributed by atoms with Crippen LogP contribution >= 0.6 is 15.9 Å². The molecule has 7 heteroatoms. The van der Waals surface area contributed by atoms with Gasteiger partial charge < -0.3 is 10.6 Å². The topological polar surface area (TPSA) is 75.3 Å². The molecule has 1 atom stereocenters. The summed E-state index contributed by atoms with van der Waals surface area (Å²) in [5, 5.41) is 6.18. The Hall–Kier alpha value is -0.920. The van der Waals surface area contributed by atoms with E-state index in [-0.39, 0.29) is 24.1 Å². The maximum Gasteiger partial charge on any atom is 0.220 e. The van der Waals surface area contributed by atoms with E-state index in [4.69, 9.17) is 0 Å². The fourth-order valence-corrected chi connectivity index (χ4v) is 4.03. The third kappa shape index (κ3) is 5.37. The summed E-state index contributed by atoms with van der Waals surface area (Å²) < 4.78 is 25.2. The number of hydrogen-bond donors (Lipinski definition) is 2. The second kappa shape index (κ2) is 8.08. The van der Waals surface area contributed by atoms with Crippen molar-refractivity contribution < 1.29 is 13.2 Å². The number of amides is 1. The first-order valence-electron chi connectivity index (χ1n) is 7.46. The number of hydrogen-bond acceptors (Lipinski definition) is 4. The van der Waals surface area contributed by atoms with Gasteiger partial charge in [0.05, 0.1) is 10.6 Å². The van der Waals surface area contributed by atoms with Gasteiger partial charge in [-0.3, -0.25) is 4.79 Å². The number of benzene rings is 1. The zero-order valence-corrected chi connectivity index (χ0v) is 14.7. The van der Waals surface area contributed by atoms with E-state index >= 15 is 0 Å². The number of piperidine rings is 1. The lowest BCUT2D eigenvalue weighted by Crippen LogP contribution is -2.45. The maximum atomic E-state index is 12.2. The fraction of sp³-hybridized carbons (Fsp3) is 0.533. The van der Waals surface area contributed by atoms with E-state index in [0.717, 1.165) is 30.4 Å². The molecule has 0 aliphatic carbocycles. The molecule has 5 nitrogen and oxygen atoms in total. The molecule has 1 saturated heterocycles. The van der Waals surface area contributed by atoms with Crippen LogP contribution in [0.4, 0.5) is 0 Å². The smallest absolute Gasteiger partial charge is 0.220 e. The first-order chi connectivity index (χ1) is 10.5. The van der Waals surface area contributed by atoms with Crippen LogP contribution in [0.2, 0.25) is 0 Å². The zero-order valence-electron chi connectivity index (χ0n) is 12.3. The molecule has 122 valence electrons. The van der Waals surface area contributed by atoms with Crippen molar-refractivity contribution in [3.05, 3.63) is 28.7 Å². The van der Waals surface area contributed by atoms with Crippen LogP contribution in [0.15, 0.2) is 33.6 Å². The quantitative estimate of drug-likeness (QED) is 0.779. The Morgan fingerprint density at radius 3 is 2.68 bits per heavy atom. The Balaban J connectivity index is 1.77. The fourth-order valence-electron chi connectivity index (χ4n) is 2.46. The Labute approximate surface area is 139 Å². The minimum absolute atomic E-state index is 0.00896. The molecule has 22 heavy (non-hydrogen) atoms. The molecule has 0 bridgehead atoms. The lowest BCUT2D eigenvalue weighted by atomic mass is 10.1. The summed E-state index contributed by atoms with van der Waals surface area (Å²) in [5.41, 5.74) is 0. The number of carbonyl (C=O) groups excluding carboxylic acids is 1. The Kier molecular flexibility index (Phi) is 6.40. The van der Waals surface area contributed by atoms with Crippen molar-refractivity contribution in [3.63, 3.8) is 0 Å². The van der Waals surface area contributed by atoms with Crippen molar-refractivity contribution in [2.45, 2.75) is 36.6 Å². The van der Waals surface area contributed by atoms with Crippen molar-refractivity contribution >= 4 is 31.7 Å². The highest BCUT2D eigenvalue weighted by molar-refractivity contribution is 9.10. The van der Waals surface area contributed by atoms with Crippen molar-refractivity contribution in [1.29, 1.82) is 0 Å². The largest absolute Gasteiger partial charge is 0.352 e. The van der Waals surface area contributed by atoms with E-state index < -0.39 is 9.84 Å². The molecule has 1 aliphatic rings. The molecule has 0 spiro atoms. The van der Waals surface area contributed by atoms with Gasteiger partial charge in [-0.25, -0.2) is 8.42 Å². The second-order valence-corrected chi connectivity index (χ2v) is 8.51. The predicted octanol–water partition coefficient (Wildman–Crippen LogP) is 1.87. The minimum Gasteiger partial charge on any atom is -0.352 e. The molecule has 1 unspecified atom stereocenters. The number of rotatable bonds is 6. The molecule has 0 radical (unpaired) electrons. The average Bonchev–Trinajstić information content (AvgIpc) is 2.48. The SMILES string of the molecule is O=C(CCCS(=O)(=O)c1ccc(Br)cc1)NC1CCCNC1. The van der Waals surface area contributed by atoms with Gasteiger partial charge in [-0.2, -0.15) is 0 Å². The van der Waals surface area contributed by atoms with Crippen LogP contribution in [0.25, 0.3) is 0 Å². The van der Waals surface area contributed by atoms with Gasteiger partial charge in [0.15, 0.2) is 9.84 Å². The molecule has 1 heterocycles. The third-order valence-electron chi connectivity index (χ3n) is 3.65. The van der Waals surface area contributed by atoms with Crippen molar-refractivity contribution in [1.82, 2.24) is 10.6 Å². The van der Waals surface area contributed by atoms with Gasteiger partial charge >= 0.3 is 0 Å². The lowest BCUT2D eigenvalue weighted by molar-refractivity contribution is -0.121. The first-order valence-corrected chi connectivity index (χ1v) is 9.90. The van der Waals surface area contributed by atoms with E-state index in [2.05, 4.69) is 26.6 Å². The Morgan fingerprint density at radius 1 is 1.32 bits per heavy atom. The molecule has 1 aliphatic heterocycles. The average molecular weight is 389 g/mol. The van der Waals surface area contributed by atoms with Gasteiger partial charge in [-0.05, 0) is 50.1 Å². The highest BCUT2D eigenvalue weighted by Gasteiger charge is 2.17. The van der Waals surface area contributed by atoms with Crippen LogP contribution in [-0.4, -0.2) is 39.2 Å². The molecule has 1 aromatic carbocycles. The number of carbonyl (C=O) groups is 1. The maximum absolute atomic E-state index is 12.2. The molecule has 0 saturated carbocycles. The lowest BCUT2D eigenvalue weighted by Gasteiger charge is -2.23. The highest BCUT2D eigenvalue weighted by Crippen LogP contribution is 2.17. The molecular weight excluding hydrogens is 368 g/mol. The monoisotopic (exact) mass is 388 g/mol. The van der Waals surface area contributed by atoms with E-state index in [1.165, 1.54) is 0 Å². The van der Waals surface area contributed by atoms with Gasteiger partial charge in [0.25, 0.3) is 0 Å². The molecule has 1 amide bonds. The van der Waals surface area contributed by atoms with Gasteiger partial charge in [-0.15, -0.1) is 0 Å². The molecular formula is C15H21BrN2O3S. The molecule has 2 rings (SSSR count). The Bertz CT molecular complexity index is 596. The predicted molar refractivity (Wildman–Crippen MR) is 89.5 cm³/mol. The van der Waals surface area contributed by atoms with E-state index in [9.17, 15) is 13.2 Å². The third-order valence-corrected chi connectivity index (χ3v) is 6.00. The summed E-state index contributed by atoms with van der Waals surface area (Å²) in [6.45, 7) is 1.79. The van der Waals surface area contributed by atoms with Gasteiger partial charge in [0.2, 0.25) is 5.91 Å². The summed E-state index contributed by atoms with van der Waals surface area (Å²) in [5.74, 6) is -0.0787. The standard InChI is InChI=1S/C15H21BrN2O3S/c16-12-5-7-14(8-6-12)22(20,21)10-2-4-15(19)18-13-3-1-9-17-11-13/h5-8,13,17H,1-4,9-11H2,(H,18,19). The summed E-state index contributed by atoms with van der Waals surface area (Å²) in [7, 11) is -3.32. The van der Waals surface area contributed by atoms with Crippen molar-refractivity contribution in [2.75, 3.05) is 18.8 Å². The highest BCUT2D eigenvalue weighted by atomic mass is 79.9. The summed E-state index contributed by atoms with van der Waals surface area (Å²) in [6, 6.07) is 6.73. The minimum atomic E-state index is -3.32. The van der Waals surface area contributed by atoms with Crippen LogP contribution in [0.3, 0.4) is 0 Å². The van der Waals surface area contributed by atoms with Gasteiger partial charge in [0, 0.05) is 23.5 Å². The summed E-state index contributed by atoms with van der Waals surface area (Å²) >= 11 is 3.28. The van der Waals surface area contributed by atoms with E-state index in [0.29, 0.717) is 11.3 Å². The first kappa shape index (κ1) is 17.4. The van der Waals surface area contributed by atoms with Gasteiger partial charge in [-0.1, -0.05) is 15.9 Å². The van der Waals surface area contributed by atoms with Crippen LogP contribution in [0.5, 0.6) is 0 Å². The Morgan fingerprint density at radius 2 is 2.05 bits per heavy atom. The number of sulfone groups is 1. The van der Waals surface area contributed by atoms with Crippen molar-refractivity contribution in [2.24, 2.45) is 0 Å². The molecule has 1 fully saturated rings. The number of nitrogens with one attached hydrogen (secondary N) is 2. The van der Waals surface area contributed by atoms with Crippen LogP contribution < -0.4 is 10.6 Å². The van der Waals surface area contributed by atoms with Crippen molar-refractivity contribution in [3.8, 4) is 0 Å². The second-order valence-electron chi connectivity index (χ2n) is 5.49. The number of halogens is 1. The van der Waals surface area contributed by atoms with Gasteiger partial charge in [0.1, 0.15) is 0 Å². The molecule has 2 N–H and O–H groups in total. The summed E-state index contributed by atoms with van der Waals surface area (Å²) in [4.78, 5) is 12.1. The van der Waals surface area contributed by atoms with Crippen LogP contribution in [-0.2, 0) is 14.6 Å². The summed E-state index contributed by atoms with van der Waals surface area (Å²) in [6.07, 6.45) is 2.62. The zero-order chi connectivity index (χ0) is 16.0. The molecule has 0 aromatic heterocycles. The normalized spacial score (nSPS) is 18.9.